The molecule has 0 saturated carbocycles. The lowest BCUT2D eigenvalue weighted by Gasteiger charge is -2.03. The van der Waals surface area contributed by atoms with E-state index in [1.807, 2.05) is 19.9 Å². The van der Waals surface area contributed by atoms with E-state index in [0.717, 1.165) is 11.4 Å². The Morgan fingerprint density at radius 1 is 1.47 bits per heavy atom. The lowest BCUT2D eigenvalue weighted by Crippen LogP contribution is -2.13. The van der Waals surface area contributed by atoms with Crippen molar-refractivity contribution in [3.8, 4) is 5.82 Å². The Kier molecular flexibility index (Phi) is 2.32. The first-order chi connectivity index (χ1) is 7.09. The molecule has 2 aromatic rings. The molecule has 0 aliphatic heterocycles. The first-order valence-electron chi connectivity index (χ1n) is 4.36. The zero-order chi connectivity index (χ0) is 11.0. The van der Waals surface area contributed by atoms with Crippen LogP contribution in [0.3, 0.4) is 0 Å². The van der Waals surface area contributed by atoms with Gasteiger partial charge < -0.3 is 4.98 Å². The van der Waals surface area contributed by atoms with Gasteiger partial charge in [0.05, 0.1) is 12.0 Å². The summed E-state index contributed by atoms with van der Waals surface area (Å²) in [6.45, 7) is 3.74. The zero-order valence-corrected chi connectivity index (χ0v) is 9.04. The van der Waals surface area contributed by atoms with Gasteiger partial charge >= 0.3 is 0 Å². The van der Waals surface area contributed by atoms with Crippen molar-refractivity contribution in [1.29, 1.82) is 0 Å². The SMILES string of the molecule is Cc1cc(C)n(-c2nc[nH]c(=O)c2Cl)n1. The van der Waals surface area contributed by atoms with Crippen LogP contribution in [0.2, 0.25) is 5.02 Å². The van der Waals surface area contributed by atoms with Gasteiger partial charge in [-0.3, -0.25) is 4.79 Å². The molecule has 0 unspecified atom stereocenters. The first kappa shape index (κ1) is 9.92. The van der Waals surface area contributed by atoms with Gasteiger partial charge in [0.15, 0.2) is 10.8 Å². The summed E-state index contributed by atoms with van der Waals surface area (Å²) in [5.74, 6) is 0.353. The molecule has 0 spiro atoms. The largest absolute Gasteiger partial charge is 0.312 e. The number of nitrogens with one attached hydrogen (secondary N) is 1. The van der Waals surface area contributed by atoms with Crippen LogP contribution in [-0.2, 0) is 0 Å². The number of aryl methyl sites for hydroxylation is 2. The van der Waals surface area contributed by atoms with Crippen LogP contribution in [0.25, 0.3) is 5.82 Å². The van der Waals surface area contributed by atoms with Gasteiger partial charge in [0, 0.05) is 5.69 Å². The van der Waals surface area contributed by atoms with Gasteiger partial charge in [-0.15, -0.1) is 0 Å². The van der Waals surface area contributed by atoms with Crippen LogP contribution < -0.4 is 5.56 Å². The molecule has 15 heavy (non-hydrogen) atoms. The molecule has 0 amide bonds. The van der Waals surface area contributed by atoms with Crippen molar-refractivity contribution >= 4 is 11.6 Å². The second-order valence-electron chi connectivity index (χ2n) is 3.21. The number of aromatic amines is 1. The Bertz CT molecular complexity index is 557. The number of hydrogen-bond acceptors (Lipinski definition) is 3. The van der Waals surface area contributed by atoms with E-state index in [1.54, 1.807) is 4.68 Å². The average Bonchev–Trinajstić information content (AvgIpc) is 2.50. The molecule has 6 heteroatoms. The Balaban J connectivity index is 2.69. The van der Waals surface area contributed by atoms with Crippen molar-refractivity contribution < 1.29 is 0 Å². The molecule has 0 fully saturated rings. The third-order valence-electron chi connectivity index (χ3n) is 1.99. The lowest BCUT2D eigenvalue weighted by molar-refractivity contribution is 0.798. The maximum Gasteiger partial charge on any atom is 0.271 e. The standard InChI is InChI=1S/C9H9ClN4O/c1-5-3-6(2)14(13-5)8-7(10)9(15)12-4-11-8/h3-4H,1-2H3,(H,11,12,15). The van der Waals surface area contributed by atoms with E-state index in [-0.39, 0.29) is 10.6 Å². The fourth-order valence-electron chi connectivity index (χ4n) is 1.36. The molecule has 0 aliphatic carbocycles. The van der Waals surface area contributed by atoms with Crippen molar-refractivity contribution in [3.05, 3.63) is 39.2 Å². The van der Waals surface area contributed by atoms with Crippen molar-refractivity contribution in [2.75, 3.05) is 0 Å². The molecule has 0 saturated heterocycles. The van der Waals surface area contributed by atoms with E-state index in [4.69, 9.17) is 11.6 Å². The maximum atomic E-state index is 11.3. The van der Waals surface area contributed by atoms with Crippen LogP contribution in [0.15, 0.2) is 17.2 Å². The van der Waals surface area contributed by atoms with Gasteiger partial charge in [-0.2, -0.15) is 5.10 Å². The minimum Gasteiger partial charge on any atom is -0.312 e. The van der Waals surface area contributed by atoms with Crippen LogP contribution in [-0.4, -0.2) is 19.7 Å². The molecule has 2 aromatic heterocycles. The highest BCUT2D eigenvalue weighted by Gasteiger charge is 2.11. The number of hydrogen-bond donors (Lipinski definition) is 1. The van der Waals surface area contributed by atoms with Crippen LogP contribution in [0.1, 0.15) is 11.4 Å². The Morgan fingerprint density at radius 3 is 2.80 bits per heavy atom. The number of H-pyrrole nitrogens is 1. The van der Waals surface area contributed by atoms with E-state index in [9.17, 15) is 4.79 Å². The summed E-state index contributed by atoms with van der Waals surface area (Å²) < 4.78 is 1.55. The normalized spacial score (nSPS) is 10.6. The summed E-state index contributed by atoms with van der Waals surface area (Å²) in [6, 6.07) is 1.89. The van der Waals surface area contributed by atoms with Crippen molar-refractivity contribution in [1.82, 2.24) is 19.7 Å². The molecule has 2 rings (SSSR count). The van der Waals surface area contributed by atoms with Gasteiger partial charge in [-0.05, 0) is 19.9 Å². The summed E-state index contributed by atoms with van der Waals surface area (Å²) in [6.07, 6.45) is 1.31. The molecule has 0 aromatic carbocycles. The highest BCUT2D eigenvalue weighted by Crippen LogP contribution is 2.14. The first-order valence-corrected chi connectivity index (χ1v) is 4.74. The molecule has 5 nitrogen and oxygen atoms in total. The van der Waals surface area contributed by atoms with Crippen molar-refractivity contribution in [3.63, 3.8) is 0 Å². The van der Waals surface area contributed by atoms with E-state index in [0.29, 0.717) is 5.82 Å². The van der Waals surface area contributed by atoms with E-state index in [1.165, 1.54) is 6.33 Å². The Labute approximate surface area is 90.7 Å². The second-order valence-corrected chi connectivity index (χ2v) is 3.59. The Morgan fingerprint density at radius 2 is 2.20 bits per heavy atom. The predicted molar refractivity (Wildman–Crippen MR) is 56.5 cm³/mol. The smallest absolute Gasteiger partial charge is 0.271 e. The zero-order valence-electron chi connectivity index (χ0n) is 8.28. The Hall–Kier alpha value is -1.62. The third-order valence-corrected chi connectivity index (χ3v) is 2.33. The molecule has 0 radical (unpaired) electrons. The van der Waals surface area contributed by atoms with Gasteiger partial charge in [-0.1, -0.05) is 11.6 Å². The summed E-state index contributed by atoms with van der Waals surface area (Å²) in [5, 5.41) is 4.24. The average molecular weight is 225 g/mol. The fraction of sp³-hybridized carbons (Fsp3) is 0.222. The second kappa shape index (κ2) is 3.51. The quantitative estimate of drug-likeness (QED) is 0.792. The van der Waals surface area contributed by atoms with Crippen LogP contribution in [0, 0.1) is 13.8 Å². The predicted octanol–water partition coefficient (Wildman–Crippen LogP) is 1.23. The maximum absolute atomic E-state index is 11.3. The van der Waals surface area contributed by atoms with Crippen LogP contribution in [0.5, 0.6) is 0 Å². The number of aromatic nitrogens is 4. The minimum absolute atomic E-state index is 0.0451. The van der Waals surface area contributed by atoms with Crippen molar-refractivity contribution in [2.24, 2.45) is 0 Å². The molecular formula is C9H9ClN4O. The van der Waals surface area contributed by atoms with E-state index in [2.05, 4.69) is 15.1 Å². The molecule has 0 aliphatic rings. The molecule has 1 N–H and O–H groups in total. The minimum atomic E-state index is -0.366. The molecule has 0 atom stereocenters. The number of nitrogens with zero attached hydrogens (tertiary/aromatic N) is 3. The summed E-state index contributed by atoms with van der Waals surface area (Å²) in [5.41, 5.74) is 1.37. The lowest BCUT2D eigenvalue weighted by atomic mass is 10.4. The highest BCUT2D eigenvalue weighted by molar-refractivity contribution is 6.31. The summed E-state index contributed by atoms with van der Waals surface area (Å²) >= 11 is 5.84. The van der Waals surface area contributed by atoms with Crippen molar-refractivity contribution in [2.45, 2.75) is 13.8 Å². The van der Waals surface area contributed by atoms with Gasteiger partial charge in [0.1, 0.15) is 0 Å². The highest BCUT2D eigenvalue weighted by atomic mass is 35.5. The van der Waals surface area contributed by atoms with E-state index >= 15 is 0 Å². The molecule has 0 bridgehead atoms. The van der Waals surface area contributed by atoms with Gasteiger partial charge in [0.2, 0.25) is 0 Å². The summed E-state index contributed by atoms with van der Waals surface area (Å²) in [7, 11) is 0. The monoisotopic (exact) mass is 224 g/mol. The molecular weight excluding hydrogens is 216 g/mol. The van der Waals surface area contributed by atoms with Gasteiger partial charge in [-0.25, -0.2) is 9.67 Å². The summed E-state index contributed by atoms with van der Waals surface area (Å²) in [4.78, 5) is 17.7. The van der Waals surface area contributed by atoms with Gasteiger partial charge in [0.25, 0.3) is 5.56 Å². The molecule has 2 heterocycles. The van der Waals surface area contributed by atoms with E-state index < -0.39 is 0 Å². The topological polar surface area (TPSA) is 63.6 Å². The third kappa shape index (κ3) is 1.66. The number of halogens is 1. The number of rotatable bonds is 1. The molecule has 78 valence electrons. The van der Waals surface area contributed by atoms with Crippen LogP contribution >= 0.6 is 11.6 Å². The fourth-order valence-corrected chi connectivity index (χ4v) is 1.55. The van der Waals surface area contributed by atoms with Crippen LogP contribution in [0.4, 0.5) is 0 Å².